The lowest BCUT2D eigenvalue weighted by Crippen LogP contribution is -2.18. The molecule has 2 heterocycles. The van der Waals surface area contributed by atoms with Crippen LogP contribution in [0.1, 0.15) is 16.2 Å². The van der Waals surface area contributed by atoms with Gasteiger partial charge in [0.1, 0.15) is 23.1 Å². The van der Waals surface area contributed by atoms with Crippen molar-refractivity contribution in [1.82, 2.24) is 15.3 Å². The maximum absolute atomic E-state index is 12.6. The Morgan fingerprint density at radius 3 is 2.52 bits per heavy atom. The Hall–Kier alpha value is -3.63. The van der Waals surface area contributed by atoms with Crippen LogP contribution < -0.4 is 15.8 Å². The summed E-state index contributed by atoms with van der Waals surface area (Å²) in [6.45, 7) is 1.54. The molecule has 0 aliphatic heterocycles. The monoisotopic (exact) mass is 379 g/mol. The van der Waals surface area contributed by atoms with Crippen LogP contribution in [0.5, 0.6) is 5.75 Å². The van der Waals surface area contributed by atoms with Crippen molar-refractivity contribution in [3.05, 3.63) is 47.8 Å². The van der Waals surface area contributed by atoms with Crippen molar-refractivity contribution >= 4 is 17.5 Å². The number of aryl methyl sites for hydroxylation is 1. The third kappa shape index (κ3) is 4.14. The second-order valence-electron chi connectivity index (χ2n) is 5.33. The van der Waals surface area contributed by atoms with Gasteiger partial charge in [-0.05, 0) is 30.3 Å². The average Bonchev–Trinajstić information content (AvgIpc) is 3.01. The van der Waals surface area contributed by atoms with Gasteiger partial charge in [-0.15, -0.1) is 13.2 Å². The molecule has 27 heavy (non-hydrogen) atoms. The number of hydrogen-bond donors (Lipinski definition) is 2. The largest absolute Gasteiger partial charge is 0.573 e. The standard InChI is InChI=1S/C16H12F3N5O3/c1-8-13(24-27-23-8)15(25)22-12-7-6-10(14(20)21-12)9-4-2-3-5-11(9)26-16(17,18)19/h2-7H,1H3,(H3,20,21,22,25). The Morgan fingerprint density at radius 1 is 1.15 bits per heavy atom. The third-order valence-corrected chi connectivity index (χ3v) is 3.44. The molecule has 11 heteroatoms. The molecule has 0 bridgehead atoms. The number of ether oxygens (including phenoxy) is 1. The highest BCUT2D eigenvalue weighted by Gasteiger charge is 2.32. The van der Waals surface area contributed by atoms with Gasteiger partial charge in [0, 0.05) is 11.1 Å². The number of pyridine rings is 1. The minimum absolute atomic E-state index is 0.0247. The topological polar surface area (TPSA) is 116 Å². The fraction of sp³-hybridized carbons (Fsp3) is 0.125. The van der Waals surface area contributed by atoms with Crippen molar-refractivity contribution < 1.29 is 27.3 Å². The number of amides is 1. The first-order valence-electron chi connectivity index (χ1n) is 7.47. The van der Waals surface area contributed by atoms with Crippen LogP contribution in [0.3, 0.4) is 0 Å². The number of hydrogen-bond acceptors (Lipinski definition) is 7. The van der Waals surface area contributed by atoms with Crippen molar-refractivity contribution in [3.8, 4) is 16.9 Å². The summed E-state index contributed by atoms with van der Waals surface area (Å²) in [5.74, 6) is -1.05. The van der Waals surface area contributed by atoms with E-state index in [9.17, 15) is 18.0 Å². The van der Waals surface area contributed by atoms with Crippen molar-refractivity contribution in [2.24, 2.45) is 0 Å². The SMILES string of the molecule is Cc1nonc1C(=O)Nc1ccc(-c2ccccc2OC(F)(F)F)c(N)n1. The van der Waals surface area contributed by atoms with Gasteiger partial charge >= 0.3 is 6.36 Å². The van der Waals surface area contributed by atoms with E-state index in [2.05, 4.69) is 30.0 Å². The summed E-state index contributed by atoms with van der Waals surface area (Å²) in [6, 6.07) is 8.32. The van der Waals surface area contributed by atoms with Gasteiger partial charge in [-0.1, -0.05) is 23.4 Å². The minimum atomic E-state index is -4.85. The normalized spacial score (nSPS) is 11.3. The van der Waals surface area contributed by atoms with Gasteiger partial charge in [-0.3, -0.25) is 4.79 Å². The second-order valence-corrected chi connectivity index (χ2v) is 5.33. The molecule has 0 fully saturated rings. The van der Waals surface area contributed by atoms with E-state index in [0.717, 1.165) is 6.07 Å². The summed E-state index contributed by atoms with van der Waals surface area (Å²) in [7, 11) is 0. The second kappa shape index (κ2) is 6.94. The molecule has 140 valence electrons. The van der Waals surface area contributed by atoms with Gasteiger partial charge in [0.2, 0.25) is 0 Å². The molecule has 0 aliphatic carbocycles. The van der Waals surface area contributed by atoms with Crippen LogP contribution in [0.2, 0.25) is 0 Å². The molecule has 0 aliphatic rings. The van der Waals surface area contributed by atoms with E-state index in [4.69, 9.17) is 5.73 Å². The van der Waals surface area contributed by atoms with Gasteiger partial charge in [0.15, 0.2) is 5.69 Å². The third-order valence-electron chi connectivity index (χ3n) is 3.44. The van der Waals surface area contributed by atoms with E-state index in [1.54, 1.807) is 0 Å². The lowest BCUT2D eigenvalue weighted by Gasteiger charge is -2.14. The van der Waals surface area contributed by atoms with Gasteiger partial charge in [-0.25, -0.2) is 9.61 Å². The van der Waals surface area contributed by atoms with E-state index in [-0.39, 0.29) is 34.2 Å². The summed E-state index contributed by atoms with van der Waals surface area (Å²) in [5, 5.41) is 9.41. The number of nitrogens with two attached hydrogens (primary N) is 1. The zero-order chi connectivity index (χ0) is 19.6. The fourth-order valence-corrected chi connectivity index (χ4v) is 2.29. The zero-order valence-electron chi connectivity index (χ0n) is 13.7. The molecule has 0 spiro atoms. The highest BCUT2D eigenvalue weighted by Crippen LogP contribution is 2.36. The van der Waals surface area contributed by atoms with E-state index >= 15 is 0 Å². The van der Waals surface area contributed by atoms with Crippen molar-refractivity contribution in [1.29, 1.82) is 0 Å². The Kier molecular flexibility index (Phi) is 4.67. The molecule has 3 N–H and O–H groups in total. The van der Waals surface area contributed by atoms with Crippen molar-refractivity contribution in [3.63, 3.8) is 0 Å². The molecule has 3 aromatic rings. The molecule has 1 amide bonds. The van der Waals surface area contributed by atoms with Gasteiger partial charge in [0.25, 0.3) is 5.91 Å². The number of nitrogens with one attached hydrogen (secondary N) is 1. The van der Waals surface area contributed by atoms with Crippen molar-refractivity contribution in [2.45, 2.75) is 13.3 Å². The zero-order valence-corrected chi connectivity index (χ0v) is 13.7. The molecular formula is C16H12F3N5O3. The first-order valence-corrected chi connectivity index (χ1v) is 7.47. The molecular weight excluding hydrogens is 367 g/mol. The van der Waals surface area contributed by atoms with Crippen LogP contribution in [-0.4, -0.2) is 27.6 Å². The molecule has 8 nitrogen and oxygen atoms in total. The van der Waals surface area contributed by atoms with Crippen LogP contribution in [0.25, 0.3) is 11.1 Å². The molecule has 0 unspecified atom stereocenters. The maximum atomic E-state index is 12.6. The van der Waals surface area contributed by atoms with E-state index < -0.39 is 18.0 Å². The number of alkyl halides is 3. The predicted octanol–water partition coefficient (Wildman–Crippen LogP) is 3.17. The predicted molar refractivity (Wildman–Crippen MR) is 87.8 cm³/mol. The van der Waals surface area contributed by atoms with E-state index in [0.29, 0.717) is 0 Å². The van der Waals surface area contributed by atoms with Crippen LogP contribution >= 0.6 is 0 Å². The lowest BCUT2D eigenvalue weighted by atomic mass is 10.1. The Balaban J connectivity index is 1.88. The number of nitrogen functional groups attached to an aromatic ring is 1. The average molecular weight is 379 g/mol. The quantitative estimate of drug-likeness (QED) is 0.715. The number of rotatable bonds is 4. The molecule has 0 saturated carbocycles. The molecule has 3 rings (SSSR count). The number of aromatic nitrogens is 3. The Bertz CT molecular complexity index is 987. The number of nitrogens with zero attached hydrogens (tertiary/aromatic N) is 3. The summed E-state index contributed by atoms with van der Waals surface area (Å²) in [6.07, 6.45) is -4.85. The number of halogens is 3. The Morgan fingerprint density at radius 2 is 1.89 bits per heavy atom. The smallest absolute Gasteiger partial charge is 0.405 e. The number of anilines is 2. The van der Waals surface area contributed by atoms with Gasteiger partial charge < -0.3 is 15.8 Å². The number of benzene rings is 1. The molecule has 1 aromatic carbocycles. The summed E-state index contributed by atoms with van der Waals surface area (Å²) >= 11 is 0. The highest BCUT2D eigenvalue weighted by molar-refractivity contribution is 6.03. The number of carbonyl (C=O) groups excluding carboxylic acids is 1. The summed E-state index contributed by atoms with van der Waals surface area (Å²) in [4.78, 5) is 16.1. The van der Waals surface area contributed by atoms with Crippen LogP contribution in [0.15, 0.2) is 41.0 Å². The Labute approximate surface area is 150 Å². The first-order chi connectivity index (χ1) is 12.7. The van der Waals surface area contributed by atoms with Crippen LogP contribution in [0.4, 0.5) is 24.8 Å². The fourth-order valence-electron chi connectivity index (χ4n) is 2.29. The number of para-hydroxylation sites is 1. The molecule has 2 aromatic heterocycles. The number of carbonyl (C=O) groups is 1. The lowest BCUT2D eigenvalue weighted by molar-refractivity contribution is -0.274. The summed E-state index contributed by atoms with van der Waals surface area (Å²) in [5.41, 5.74) is 6.45. The molecule has 0 saturated heterocycles. The first kappa shape index (κ1) is 18.2. The molecule has 0 radical (unpaired) electrons. The van der Waals surface area contributed by atoms with E-state index in [1.807, 2.05) is 0 Å². The van der Waals surface area contributed by atoms with E-state index in [1.165, 1.54) is 37.3 Å². The minimum Gasteiger partial charge on any atom is -0.405 e. The van der Waals surface area contributed by atoms with Crippen LogP contribution in [-0.2, 0) is 0 Å². The van der Waals surface area contributed by atoms with Crippen LogP contribution in [0, 0.1) is 6.92 Å². The van der Waals surface area contributed by atoms with Gasteiger partial charge in [-0.2, -0.15) is 0 Å². The van der Waals surface area contributed by atoms with Gasteiger partial charge in [0.05, 0.1) is 0 Å². The maximum Gasteiger partial charge on any atom is 0.573 e. The van der Waals surface area contributed by atoms with Crippen molar-refractivity contribution in [2.75, 3.05) is 11.1 Å². The molecule has 0 atom stereocenters. The summed E-state index contributed by atoms with van der Waals surface area (Å²) < 4.78 is 46.2. The highest BCUT2D eigenvalue weighted by atomic mass is 19.4.